The first-order chi connectivity index (χ1) is 6.20. The third-order valence-corrected chi connectivity index (χ3v) is 1.12. The summed E-state index contributed by atoms with van der Waals surface area (Å²) in [5, 5.41) is 2.92. The maximum atomic E-state index is 5.22. The Morgan fingerprint density at radius 2 is 2.23 bits per heavy atom. The monoisotopic (exact) mass is 183 g/mol. The summed E-state index contributed by atoms with van der Waals surface area (Å²) in [4.78, 5) is 7.95. The van der Waals surface area contributed by atoms with Gasteiger partial charge in [0.15, 0.2) is 5.96 Å². The highest BCUT2D eigenvalue weighted by molar-refractivity contribution is 5.93. The molecule has 0 saturated carbocycles. The molecular formula is C8H17N5. The first kappa shape index (κ1) is 11.5. The number of nitrogens with two attached hydrogens (primary N) is 2. The smallest absolute Gasteiger partial charge is 0.221 e. The molecule has 13 heavy (non-hydrogen) atoms. The van der Waals surface area contributed by atoms with E-state index in [9.17, 15) is 0 Å². The predicted molar refractivity (Wildman–Crippen MR) is 56.6 cm³/mol. The lowest BCUT2D eigenvalue weighted by molar-refractivity contribution is 0.904. The molecule has 0 fully saturated rings. The molecule has 0 aromatic rings. The third kappa shape index (κ3) is 6.86. The zero-order valence-electron chi connectivity index (χ0n) is 7.95. The summed E-state index contributed by atoms with van der Waals surface area (Å²) in [6, 6.07) is 0. The van der Waals surface area contributed by atoms with Crippen molar-refractivity contribution in [2.75, 3.05) is 13.1 Å². The number of guanidine groups is 2. The van der Waals surface area contributed by atoms with E-state index in [0.29, 0.717) is 19.0 Å². The minimum atomic E-state index is 0.00594. The van der Waals surface area contributed by atoms with Crippen LogP contribution in [0, 0.1) is 0 Å². The SMILES string of the molecule is C=CCNC(N=C(N)N)=NCCC. The summed E-state index contributed by atoms with van der Waals surface area (Å²) in [6.45, 7) is 6.90. The molecule has 74 valence electrons. The van der Waals surface area contributed by atoms with Crippen LogP contribution in [0.1, 0.15) is 13.3 Å². The molecule has 5 N–H and O–H groups in total. The van der Waals surface area contributed by atoms with Crippen molar-refractivity contribution >= 4 is 11.9 Å². The van der Waals surface area contributed by atoms with Gasteiger partial charge >= 0.3 is 0 Å². The van der Waals surface area contributed by atoms with E-state index in [1.807, 2.05) is 6.92 Å². The lowest BCUT2D eigenvalue weighted by atomic mass is 10.5. The molecule has 0 atom stereocenters. The van der Waals surface area contributed by atoms with Crippen molar-refractivity contribution in [3.05, 3.63) is 12.7 Å². The lowest BCUT2D eigenvalue weighted by Crippen LogP contribution is -2.30. The topological polar surface area (TPSA) is 88.8 Å². The van der Waals surface area contributed by atoms with Crippen LogP contribution in [-0.4, -0.2) is 25.0 Å². The Hall–Kier alpha value is -1.52. The molecule has 0 amide bonds. The molecule has 0 aliphatic heterocycles. The van der Waals surface area contributed by atoms with E-state index in [-0.39, 0.29) is 5.96 Å². The van der Waals surface area contributed by atoms with Gasteiger partial charge in [-0.1, -0.05) is 13.0 Å². The van der Waals surface area contributed by atoms with Gasteiger partial charge in [0.1, 0.15) is 0 Å². The number of hydrogen-bond acceptors (Lipinski definition) is 1. The van der Waals surface area contributed by atoms with Crippen molar-refractivity contribution in [1.29, 1.82) is 0 Å². The number of hydrogen-bond donors (Lipinski definition) is 3. The Labute approximate surface area is 78.6 Å². The highest BCUT2D eigenvalue weighted by atomic mass is 15.2. The zero-order chi connectivity index (χ0) is 10.1. The fourth-order valence-electron chi connectivity index (χ4n) is 0.634. The first-order valence-electron chi connectivity index (χ1n) is 4.19. The summed E-state index contributed by atoms with van der Waals surface area (Å²) in [5.41, 5.74) is 10.4. The predicted octanol–water partition coefficient (Wildman–Crippen LogP) is -0.199. The Kier molecular flexibility index (Phi) is 6.31. The molecule has 5 nitrogen and oxygen atoms in total. The van der Waals surface area contributed by atoms with Crippen LogP contribution in [0.5, 0.6) is 0 Å². The average molecular weight is 183 g/mol. The van der Waals surface area contributed by atoms with Gasteiger partial charge in [-0.2, -0.15) is 4.99 Å². The second kappa shape index (κ2) is 7.15. The van der Waals surface area contributed by atoms with Crippen LogP contribution in [0.4, 0.5) is 0 Å². The maximum Gasteiger partial charge on any atom is 0.221 e. The minimum absolute atomic E-state index is 0.00594. The van der Waals surface area contributed by atoms with Gasteiger partial charge in [0, 0.05) is 13.1 Å². The number of nitrogens with zero attached hydrogens (tertiary/aromatic N) is 2. The van der Waals surface area contributed by atoms with Crippen molar-refractivity contribution < 1.29 is 0 Å². The Balaban J connectivity index is 4.18. The fourth-order valence-corrected chi connectivity index (χ4v) is 0.634. The molecule has 0 unspecified atom stereocenters. The quantitative estimate of drug-likeness (QED) is 0.320. The molecule has 0 spiro atoms. The van der Waals surface area contributed by atoms with E-state index in [0.717, 1.165) is 6.42 Å². The van der Waals surface area contributed by atoms with Crippen LogP contribution in [0.2, 0.25) is 0 Å². The Bertz CT molecular complexity index is 203. The zero-order valence-corrected chi connectivity index (χ0v) is 7.95. The summed E-state index contributed by atoms with van der Waals surface area (Å²) in [6.07, 6.45) is 2.67. The Morgan fingerprint density at radius 3 is 2.69 bits per heavy atom. The van der Waals surface area contributed by atoms with Crippen LogP contribution in [0.25, 0.3) is 0 Å². The van der Waals surface area contributed by atoms with Crippen molar-refractivity contribution in [3.8, 4) is 0 Å². The molecule has 0 bridgehead atoms. The van der Waals surface area contributed by atoms with Crippen LogP contribution >= 0.6 is 0 Å². The van der Waals surface area contributed by atoms with Gasteiger partial charge in [-0.15, -0.1) is 6.58 Å². The van der Waals surface area contributed by atoms with Gasteiger partial charge in [-0.25, -0.2) is 0 Å². The first-order valence-corrected chi connectivity index (χ1v) is 4.19. The number of rotatable bonds is 4. The highest BCUT2D eigenvalue weighted by Gasteiger charge is 1.93. The molecular weight excluding hydrogens is 166 g/mol. The molecule has 5 heteroatoms. The van der Waals surface area contributed by atoms with Gasteiger partial charge < -0.3 is 16.8 Å². The average Bonchev–Trinajstić information content (AvgIpc) is 2.09. The van der Waals surface area contributed by atoms with Crippen LogP contribution < -0.4 is 16.8 Å². The van der Waals surface area contributed by atoms with Crippen LogP contribution in [0.15, 0.2) is 22.6 Å². The highest BCUT2D eigenvalue weighted by Crippen LogP contribution is 1.82. The van der Waals surface area contributed by atoms with Crippen LogP contribution in [0.3, 0.4) is 0 Å². The molecule has 0 saturated heterocycles. The number of nitrogens with one attached hydrogen (secondary N) is 1. The van der Waals surface area contributed by atoms with Gasteiger partial charge in [-0.3, -0.25) is 4.99 Å². The minimum Gasteiger partial charge on any atom is -0.370 e. The third-order valence-electron chi connectivity index (χ3n) is 1.12. The van der Waals surface area contributed by atoms with Crippen molar-refractivity contribution in [1.82, 2.24) is 5.32 Å². The Morgan fingerprint density at radius 1 is 1.54 bits per heavy atom. The van der Waals surface area contributed by atoms with Gasteiger partial charge in [0.25, 0.3) is 0 Å². The van der Waals surface area contributed by atoms with Crippen molar-refractivity contribution in [3.63, 3.8) is 0 Å². The van der Waals surface area contributed by atoms with Gasteiger partial charge in [0.2, 0.25) is 5.96 Å². The summed E-state index contributed by atoms with van der Waals surface area (Å²) >= 11 is 0. The molecule has 0 heterocycles. The molecule has 0 aromatic heterocycles. The molecule has 0 rings (SSSR count). The second-order valence-corrected chi connectivity index (χ2v) is 2.41. The summed E-state index contributed by atoms with van der Waals surface area (Å²) < 4.78 is 0. The van der Waals surface area contributed by atoms with Crippen LogP contribution in [-0.2, 0) is 0 Å². The largest absolute Gasteiger partial charge is 0.370 e. The standard InChI is InChI=1S/C8H17N5/c1-3-5-11-8(12-6-4-2)13-7(9)10/h3H,1,4-6H2,2H3,(H5,9,10,11,12,13). The molecule has 0 aliphatic rings. The normalized spacial score (nSPS) is 10.7. The van der Waals surface area contributed by atoms with Gasteiger partial charge in [0.05, 0.1) is 0 Å². The summed E-state index contributed by atoms with van der Waals surface area (Å²) in [5.74, 6) is 0.466. The van der Waals surface area contributed by atoms with E-state index in [4.69, 9.17) is 11.5 Å². The number of aliphatic imine (C=N–C) groups is 2. The molecule has 0 aromatic carbocycles. The van der Waals surface area contributed by atoms with E-state index in [2.05, 4.69) is 21.9 Å². The van der Waals surface area contributed by atoms with E-state index in [1.54, 1.807) is 6.08 Å². The summed E-state index contributed by atoms with van der Waals surface area (Å²) in [7, 11) is 0. The maximum absolute atomic E-state index is 5.22. The van der Waals surface area contributed by atoms with E-state index in [1.165, 1.54) is 0 Å². The van der Waals surface area contributed by atoms with E-state index >= 15 is 0 Å². The van der Waals surface area contributed by atoms with E-state index < -0.39 is 0 Å². The molecule has 0 aliphatic carbocycles. The van der Waals surface area contributed by atoms with Crippen molar-refractivity contribution in [2.45, 2.75) is 13.3 Å². The lowest BCUT2D eigenvalue weighted by Gasteiger charge is -2.02. The second-order valence-electron chi connectivity index (χ2n) is 2.41. The molecule has 0 radical (unpaired) electrons. The van der Waals surface area contributed by atoms with Gasteiger partial charge in [-0.05, 0) is 6.42 Å². The fraction of sp³-hybridized carbons (Fsp3) is 0.500. The van der Waals surface area contributed by atoms with Crippen molar-refractivity contribution in [2.24, 2.45) is 21.5 Å².